The Labute approximate surface area is 181 Å². The number of ether oxygens (including phenoxy) is 1. The molecule has 0 bridgehead atoms. The van der Waals surface area contributed by atoms with Gasteiger partial charge in [0.2, 0.25) is 5.88 Å². The molecule has 2 amide bonds. The summed E-state index contributed by atoms with van der Waals surface area (Å²) in [5.74, 6) is 0.767. The zero-order valence-electron chi connectivity index (χ0n) is 18.3. The number of likely N-dealkylation sites (tertiary alicyclic amines) is 1. The highest BCUT2D eigenvalue weighted by Gasteiger charge is 2.24. The van der Waals surface area contributed by atoms with Gasteiger partial charge in [-0.2, -0.15) is 0 Å². The van der Waals surface area contributed by atoms with Gasteiger partial charge >= 0.3 is 6.03 Å². The molecule has 0 aliphatic carbocycles. The number of carbonyl (C=O) groups is 1. The van der Waals surface area contributed by atoms with E-state index in [4.69, 9.17) is 9.26 Å². The minimum absolute atomic E-state index is 0.0426. The maximum Gasteiger partial charge on any atom is 0.319 e. The summed E-state index contributed by atoms with van der Waals surface area (Å²) in [5, 5.41) is 4.10. The first kappa shape index (κ1) is 22.3. The SMILES string of the molecule is C=C1CN(C(=O)N(C)C)CCC1=N/C(=C\C)OCc1c(-c2ccc(F)cc2)noc1C. The molecule has 3 rings (SSSR count). The normalized spacial score (nSPS) is 16.0. The van der Waals surface area contributed by atoms with Gasteiger partial charge in [-0.25, -0.2) is 14.2 Å². The highest BCUT2D eigenvalue weighted by atomic mass is 19.1. The zero-order chi connectivity index (χ0) is 22.5. The second kappa shape index (κ2) is 9.59. The van der Waals surface area contributed by atoms with Crippen molar-refractivity contribution in [1.82, 2.24) is 15.0 Å². The lowest BCUT2D eigenvalue weighted by Crippen LogP contribution is -2.44. The zero-order valence-corrected chi connectivity index (χ0v) is 18.3. The average molecular weight is 426 g/mol. The molecule has 164 valence electrons. The monoisotopic (exact) mass is 426 g/mol. The van der Waals surface area contributed by atoms with Gasteiger partial charge in [-0.1, -0.05) is 11.7 Å². The van der Waals surface area contributed by atoms with Crippen molar-refractivity contribution in [2.24, 2.45) is 4.99 Å². The number of hydrogen-bond donors (Lipinski definition) is 0. The van der Waals surface area contributed by atoms with Crippen LogP contribution in [0, 0.1) is 12.7 Å². The van der Waals surface area contributed by atoms with Crippen molar-refractivity contribution < 1.29 is 18.4 Å². The third-order valence-corrected chi connectivity index (χ3v) is 5.02. The van der Waals surface area contributed by atoms with E-state index in [1.54, 1.807) is 49.0 Å². The number of benzene rings is 1. The largest absolute Gasteiger partial charge is 0.473 e. The Kier molecular flexibility index (Phi) is 6.89. The smallest absolute Gasteiger partial charge is 0.319 e. The predicted molar refractivity (Wildman–Crippen MR) is 117 cm³/mol. The molecule has 0 unspecified atom stereocenters. The molecule has 1 aliphatic heterocycles. The van der Waals surface area contributed by atoms with Crippen LogP contribution in [0.25, 0.3) is 11.3 Å². The number of aromatic nitrogens is 1. The van der Waals surface area contributed by atoms with Crippen molar-refractivity contribution in [3.63, 3.8) is 0 Å². The number of aliphatic imine (C=N–C) groups is 1. The fourth-order valence-corrected chi connectivity index (χ4v) is 3.25. The van der Waals surface area contributed by atoms with Crippen LogP contribution in [0.5, 0.6) is 0 Å². The number of aryl methyl sites for hydroxylation is 1. The topological polar surface area (TPSA) is 71.2 Å². The number of allylic oxidation sites excluding steroid dienone is 1. The van der Waals surface area contributed by atoms with E-state index in [9.17, 15) is 9.18 Å². The van der Waals surface area contributed by atoms with Crippen molar-refractivity contribution in [2.75, 3.05) is 27.2 Å². The van der Waals surface area contributed by atoms with Crippen LogP contribution in [0.1, 0.15) is 24.7 Å². The van der Waals surface area contributed by atoms with Gasteiger partial charge in [0.25, 0.3) is 0 Å². The highest BCUT2D eigenvalue weighted by Crippen LogP contribution is 2.27. The lowest BCUT2D eigenvalue weighted by Gasteiger charge is -2.31. The number of carbonyl (C=O) groups excluding carboxylic acids is 1. The number of amides is 2. The molecule has 2 aromatic rings. The van der Waals surface area contributed by atoms with E-state index in [-0.39, 0.29) is 18.5 Å². The first-order chi connectivity index (χ1) is 14.8. The summed E-state index contributed by atoms with van der Waals surface area (Å²) in [5.41, 5.74) is 3.74. The Morgan fingerprint density at radius 3 is 2.71 bits per heavy atom. The van der Waals surface area contributed by atoms with Gasteiger partial charge in [0.05, 0.1) is 11.3 Å². The molecule has 0 atom stereocenters. The van der Waals surface area contributed by atoms with Crippen LogP contribution in [0.4, 0.5) is 9.18 Å². The molecule has 0 N–H and O–H groups in total. The van der Waals surface area contributed by atoms with Gasteiger partial charge < -0.3 is 19.1 Å². The Balaban J connectivity index is 1.70. The summed E-state index contributed by atoms with van der Waals surface area (Å²) in [6, 6.07) is 6.02. The molecule has 0 spiro atoms. The molecular weight excluding hydrogens is 399 g/mol. The van der Waals surface area contributed by atoms with E-state index in [0.29, 0.717) is 36.8 Å². The Hall–Kier alpha value is -3.42. The Bertz CT molecular complexity index is 1020. The van der Waals surface area contributed by atoms with Gasteiger partial charge in [0.15, 0.2) is 0 Å². The van der Waals surface area contributed by atoms with Crippen LogP contribution in [0.3, 0.4) is 0 Å². The molecule has 0 radical (unpaired) electrons. The number of rotatable bonds is 5. The summed E-state index contributed by atoms with van der Waals surface area (Å²) >= 11 is 0. The maximum absolute atomic E-state index is 13.2. The number of hydrogen-bond acceptors (Lipinski definition) is 5. The van der Waals surface area contributed by atoms with Crippen molar-refractivity contribution in [3.05, 3.63) is 65.5 Å². The lowest BCUT2D eigenvalue weighted by atomic mass is 10.0. The molecule has 1 aromatic heterocycles. The first-order valence-electron chi connectivity index (χ1n) is 10.0. The maximum atomic E-state index is 13.2. The number of halogens is 1. The van der Waals surface area contributed by atoms with Gasteiger partial charge in [-0.3, -0.25) is 0 Å². The predicted octanol–water partition coefficient (Wildman–Crippen LogP) is 4.55. The van der Waals surface area contributed by atoms with Crippen LogP contribution in [0.2, 0.25) is 0 Å². The molecule has 1 aromatic carbocycles. The summed E-state index contributed by atoms with van der Waals surface area (Å²) in [6.45, 7) is 8.94. The second-order valence-electron chi connectivity index (χ2n) is 7.50. The van der Waals surface area contributed by atoms with E-state index < -0.39 is 0 Å². The van der Waals surface area contributed by atoms with Crippen molar-refractivity contribution in [3.8, 4) is 11.3 Å². The van der Waals surface area contributed by atoms with E-state index in [1.807, 2.05) is 6.92 Å². The van der Waals surface area contributed by atoms with Crippen LogP contribution in [0.15, 0.2) is 57.9 Å². The van der Waals surface area contributed by atoms with Gasteiger partial charge in [-0.05, 0) is 49.8 Å². The molecule has 31 heavy (non-hydrogen) atoms. The molecule has 7 nitrogen and oxygen atoms in total. The average Bonchev–Trinajstić information content (AvgIpc) is 3.12. The fraction of sp³-hybridized carbons (Fsp3) is 0.348. The lowest BCUT2D eigenvalue weighted by molar-refractivity contribution is 0.175. The summed E-state index contributed by atoms with van der Waals surface area (Å²) in [4.78, 5) is 20.1. The van der Waals surface area contributed by atoms with E-state index >= 15 is 0 Å². The minimum atomic E-state index is -0.313. The standard InChI is InChI=1S/C23H27FN4O3/c1-6-21(25-20-11-12-28(13-15(20)2)23(29)27(4)5)30-14-19-16(3)31-26-22(19)17-7-9-18(24)10-8-17/h6-10H,2,11-14H2,1,3-5H3/b21-6+,25-20?. The van der Waals surface area contributed by atoms with Crippen molar-refractivity contribution in [2.45, 2.75) is 26.9 Å². The van der Waals surface area contributed by atoms with Gasteiger partial charge in [-0.15, -0.1) is 0 Å². The Morgan fingerprint density at radius 2 is 2.10 bits per heavy atom. The Morgan fingerprint density at radius 1 is 1.39 bits per heavy atom. The molecule has 1 saturated heterocycles. The molecule has 8 heteroatoms. The van der Waals surface area contributed by atoms with Crippen LogP contribution in [-0.4, -0.2) is 53.9 Å². The number of nitrogens with zero attached hydrogens (tertiary/aromatic N) is 4. The van der Waals surface area contributed by atoms with Crippen molar-refractivity contribution >= 4 is 11.7 Å². The number of piperidine rings is 1. The van der Waals surface area contributed by atoms with Crippen molar-refractivity contribution in [1.29, 1.82) is 0 Å². The molecule has 0 saturated carbocycles. The van der Waals surface area contributed by atoms with Gasteiger partial charge in [0, 0.05) is 39.2 Å². The quantitative estimate of drug-likeness (QED) is 0.658. The summed E-state index contributed by atoms with van der Waals surface area (Å²) < 4.78 is 24.5. The van der Waals surface area contributed by atoms with Crippen LogP contribution < -0.4 is 0 Å². The van der Waals surface area contributed by atoms with Crippen LogP contribution in [-0.2, 0) is 11.3 Å². The minimum Gasteiger partial charge on any atom is -0.473 e. The highest BCUT2D eigenvalue weighted by molar-refractivity contribution is 6.02. The van der Waals surface area contributed by atoms with Gasteiger partial charge in [0.1, 0.15) is 23.9 Å². The number of urea groups is 1. The summed E-state index contributed by atoms with van der Waals surface area (Å²) in [7, 11) is 3.46. The fourth-order valence-electron chi connectivity index (χ4n) is 3.25. The summed E-state index contributed by atoms with van der Waals surface area (Å²) in [6.07, 6.45) is 2.38. The van der Waals surface area contributed by atoms with Crippen LogP contribution >= 0.6 is 0 Å². The third kappa shape index (κ3) is 5.20. The van der Waals surface area contributed by atoms with E-state index in [2.05, 4.69) is 16.7 Å². The molecule has 2 heterocycles. The molecular formula is C23H27FN4O3. The molecule has 1 fully saturated rings. The van der Waals surface area contributed by atoms with E-state index in [0.717, 1.165) is 22.4 Å². The molecule has 1 aliphatic rings. The second-order valence-corrected chi connectivity index (χ2v) is 7.50. The first-order valence-corrected chi connectivity index (χ1v) is 10.0. The third-order valence-electron chi connectivity index (χ3n) is 5.02. The van der Waals surface area contributed by atoms with E-state index in [1.165, 1.54) is 12.1 Å².